The standard InChI is InChI=1S/C16H23NO4S/c18-22(19)12-9-17(13-14-5-1-2-6-15(14)22)8-11-21-16-7-3-4-10-20-16/h1-2,5-6,16H,3-4,7-13H2. The van der Waals surface area contributed by atoms with Gasteiger partial charge in [0.1, 0.15) is 0 Å². The molecule has 5 nitrogen and oxygen atoms in total. The number of sulfone groups is 1. The fraction of sp³-hybridized carbons (Fsp3) is 0.625. The number of hydrogen-bond donors (Lipinski definition) is 0. The molecule has 0 spiro atoms. The van der Waals surface area contributed by atoms with Gasteiger partial charge in [-0.15, -0.1) is 0 Å². The van der Waals surface area contributed by atoms with E-state index in [2.05, 4.69) is 4.90 Å². The second kappa shape index (κ2) is 7.08. The number of benzene rings is 1. The van der Waals surface area contributed by atoms with Gasteiger partial charge in [-0.05, 0) is 30.9 Å². The van der Waals surface area contributed by atoms with Crippen molar-refractivity contribution >= 4 is 9.84 Å². The van der Waals surface area contributed by atoms with Crippen molar-refractivity contribution in [1.29, 1.82) is 0 Å². The molecule has 0 aromatic heterocycles. The summed E-state index contributed by atoms with van der Waals surface area (Å²) in [5.74, 6) is 0.171. The third-order valence-electron chi connectivity index (χ3n) is 4.23. The maximum Gasteiger partial charge on any atom is 0.179 e. The lowest BCUT2D eigenvalue weighted by Crippen LogP contribution is -2.32. The Kier molecular flexibility index (Phi) is 5.13. The second-order valence-electron chi connectivity index (χ2n) is 5.87. The highest BCUT2D eigenvalue weighted by atomic mass is 32.2. The minimum Gasteiger partial charge on any atom is -0.353 e. The minimum atomic E-state index is -3.16. The third kappa shape index (κ3) is 3.87. The molecule has 0 radical (unpaired) electrons. The Morgan fingerprint density at radius 2 is 2.14 bits per heavy atom. The minimum absolute atomic E-state index is 0.0863. The molecular weight excluding hydrogens is 302 g/mol. The topological polar surface area (TPSA) is 55.8 Å². The molecule has 0 aliphatic carbocycles. The van der Waals surface area contributed by atoms with Gasteiger partial charge in [-0.25, -0.2) is 8.42 Å². The van der Waals surface area contributed by atoms with E-state index in [1.165, 1.54) is 0 Å². The lowest BCUT2D eigenvalue weighted by molar-refractivity contribution is -0.164. The van der Waals surface area contributed by atoms with Crippen LogP contribution in [0.4, 0.5) is 0 Å². The molecule has 1 aromatic rings. The number of nitrogens with zero attached hydrogens (tertiary/aromatic N) is 1. The monoisotopic (exact) mass is 325 g/mol. The second-order valence-corrected chi connectivity index (χ2v) is 7.95. The Labute approximate surface area is 132 Å². The van der Waals surface area contributed by atoms with Crippen molar-refractivity contribution in [2.75, 3.05) is 32.1 Å². The summed E-state index contributed by atoms with van der Waals surface area (Å²) < 4.78 is 35.9. The normalized spacial score (nSPS) is 25.4. The highest BCUT2D eigenvalue weighted by molar-refractivity contribution is 7.91. The zero-order valence-electron chi connectivity index (χ0n) is 12.7. The molecule has 6 heteroatoms. The Balaban J connectivity index is 1.57. The number of hydrogen-bond acceptors (Lipinski definition) is 5. The summed E-state index contributed by atoms with van der Waals surface area (Å²) in [4.78, 5) is 2.63. The van der Waals surface area contributed by atoms with Gasteiger partial charge in [0.25, 0.3) is 0 Å². The van der Waals surface area contributed by atoms with Gasteiger partial charge in [0.05, 0.1) is 17.3 Å². The van der Waals surface area contributed by atoms with Crippen LogP contribution in [-0.4, -0.2) is 51.7 Å². The maximum absolute atomic E-state index is 12.3. The Morgan fingerprint density at radius 1 is 1.27 bits per heavy atom. The summed E-state index contributed by atoms with van der Waals surface area (Å²) >= 11 is 0. The van der Waals surface area contributed by atoms with Gasteiger partial charge >= 0.3 is 0 Å². The predicted molar refractivity (Wildman–Crippen MR) is 83.3 cm³/mol. The van der Waals surface area contributed by atoms with Crippen LogP contribution in [0.1, 0.15) is 24.8 Å². The van der Waals surface area contributed by atoms with Crippen LogP contribution in [-0.2, 0) is 25.9 Å². The SMILES string of the molecule is O=S1(=O)CCN(CCOC2CCCCO2)Cc2ccccc21. The predicted octanol–water partition coefficient (Wildman–Crippen LogP) is 1.82. The van der Waals surface area contributed by atoms with Gasteiger partial charge in [-0.3, -0.25) is 4.90 Å². The van der Waals surface area contributed by atoms with Crippen LogP contribution >= 0.6 is 0 Å². The van der Waals surface area contributed by atoms with Crippen LogP contribution in [0.2, 0.25) is 0 Å². The zero-order chi connectivity index (χ0) is 15.4. The van der Waals surface area contributed by atoms with E-state index in [1.807, 2.05) is 12.1 Å². The molecule has 0 saturated carbocycles. The fourth-order valence-electron chi connectivity index (χ4n) is 2.96. The van der Waals surface area contributed by atoms with Crippen molar-refractivity contribution < 1.29 is 17.9 Å². The zero-order valence-corrected chi connectivity index (χ0v) is 13.6. The van der Waals surface area contributed by atoms with Crippen molar-refractivity contribution in [3.05, 3.63) is 29.8 Å². The van der Waals surface area contributed by atoms with Crippen LogP contribution in [0.15, 0.2) is 29.2 Å². The Hall–Kier alpha value is -0.950. The average molecular weight is 325 g/mol. The number of rotatable bonds is 4. The largest absolute Gasteiger partial charge is 0.353 e. The van der Waals surface area contributed by atoms with Gasteiger partial charge in [0.15, 0.2) is 16.1 Å². The van der Waals surface area contributed by atoms with Crippen LogP contribution in [0.3, 0.4) is 0 Å². The Morgan fingerprint density at radius 3 is 2.95 bits per heavy atom. The molecule has 0 N–H and O–H groups in total. The van der Waals surface area contributed by atoms with E-state index in [1.54, 1.807) is 12.1 Å². The first-order valence-corrected chi connectivity index (χ1v) is 9.56. The van der Waals surface area contributed by atoms with Crippen LogP contribution in [0.25, 0.3) is 0 Å². The summed E-state index contributed by atoms with van der Waals surface area (Å²) in [5, 5.41) is 0. The number of ether oxygens (including phenoxy) is 2. The maximum atomic E-state index is 12.3. The lowest BCUT2D eigenvalue weighted by atomic mass is 10.2. The van der Waals surface area contributed by atoms with Gasteiger partial charge in [0, 0.05) is 26.2 Å². The molecule has 22 heavy (non-hydrogen) atoms. The summed E-state index contributed by atoms with van der Waals surface area (Å²) in [6.07, 6.45) is 3.13. The average Bonchev–Trinajstić information content (AvgIpc) is 2.66. The Bertz CT molecular complexity index is 596. The molecule has 2 heterocycles. The van der Waals surface area contributed by atoms with Crippen molar-refractivity contribution in [1.82, 2.24) is 4.90 Å². The van der Waals surface area contributed by atoms with Crippen LogP contribution in [0, 0.1) is 0 Å². The third-order valence-corrected chi connectivity index (χ3v) is 6.02. The van der Waals surface area contributed by atoms with E-state index in [0.717, 1.165) is 38.0 Å². The smallest absolute Gasteiger partial charge is 0.179 e. The van der Waals surface area contributed by atoms with Crippen molar-refractivity contribution in [2.24, 2.45) is 0 Å². The van der Waals surface area contributed by atoms with E-state index >= 15 is 0 Å². The highest BCUT2D eigenvalue weighted by Crippen LogP contribution is 2.22. The van der Waals surface area contributed by atoms with Gasteiger partial charge in [0.2, 0.25) is 0 Å². The van der Waals surface area contributed by atoms with Gasteiger partial charge in [-0.2, -0.15) is 0 Å². The van der Waals surface area contributed by atoms with Crippen LogP contribution in [0.5, 0.6) is 0 Å². The first-order chi connectivity index (χ1) is 10.6. The first-order valence-electron chi connectivity index (χ1n) is 7.91. The summed E-state index contributed by atoms with van der Waals surface area (Å²) in [5.41, 5.74) is 0.883. The quantitative estimate of drug-likeness (QED) is 0.845. The first kappa shape index (κ1) is 15.9. The molecule has 1 unspecified atom stereocenters. The fourth-order valence-corrected chi connectivity index (χ4v) is 4.50. The molecule has 1 fully saturated rings. The van der Waals surface area contributed by atoms with Crippen LogP contribution < -0.4 is 0 Å². The summed E-state index contributed by atoms with van der Waals surface area (Å²) in [7, 11) is -3.16. The molecule has 0 bridgehead atoms. The van der Waals surface area contributed by atoms with E-state index in [4.69, 9.17) is 9.47 Å². The summed E-state index contributed by atoms with van der Waals surface area (Å²) in [6.45, 7) is 3.28. The van der Waals surface area contributed by atoms with Crippen molar-refractivity contribution in [2.45, 2.75) is 37.0 Å². The molecule has 1 saturated heterocycles. The van der Waals surface area contributed by atoms with E-state index in [9.17, 15) is 8.42 Å². The highest BCUT2D eigenvalue weighted by Gasteiger charge is 2.25. The van der Waals surface area contributed by atoms with Crippen molar-refractivity contribution in [3.8, 4) is 0 Å². The van der Waals surface area contributed by atoms with Gasteiger partial charge < -0.3 is 9.47 Å². The van der Waals surface area contributed by atoms with Crippen molar-refractivity contribution in [3.63, 3.8) is 0 Å². The van der Waals surface area contributed by atoms with E-state index in [0.29, 0.717) is 24.6 Å². The number of fused-ring (bicyclic) bond motifs is 1. The lowest BCUT2D eigenvalue weighted by Gasteiger charge is -2.25. The molecule has 1 aromatic carbocycles. The van der Waals surface area contributed by atoms with E-state index in [-0.39, 0.29) is 12.0 Å². The molecule has 2 aliphatic heterocycles. The van der Waals surface area contributed by atoms with Gasteiger partial charge in [-0.1, -0.05) is 18.2 Å². The molecule has 0 amide bonds. The van der Waals surface area contributed by atoms with E-state index < -0.39 is 9.84 Å². The molecular formula is C16H23NO4S. The molecule has 3 rings (SSSR count). The molecule has 1 atom stereocenters. The summed E-state index contributed by atoms with van der Waals surface area (Å²) in [6, 6.07) is 7.29. The molecule has 122 valence electrons. The molecule has 2 aliphatic rings.